The fraction of sp³-hybridized carbons (Fsp3) is 0.308. The minimum Gasteiger partial charge on any atom is -0.455 e. The van der Waals surface area contributed by atoms with Gasteiger partial charge in [0.2, 0.25) is 0 Å². The highest BCUT2D eigenvalue weighted by Crippen LogP contribution is 2.22. The van der Waals surface area contributed by atoms with Crippen LogP contribution in [0.25, 0.3) is 10.9 Å². The number of fused-ring (bicyclic) bond motifs is 1. The normalized spacial score (nSPS) is 11.5. The van der Waals surface area contributed by atoms with Crippen molar-refractivity contribution in [1.29, 1.82) is 0 Å². The van der Waals surface area contributed by atoms with Crippen molar-refractivity contribution in [3.8, 4) is 0 Å². The van der Waals surface area contributed by atoms with Gasteiger partial charge < -0.3 is 9.72 Å². The molecule has 0 saturated carbocycles. The number of carbonyl (C=O) groups excluding carboxylic acids is 1. The molecule has 6 heteroatoms. The van der Waals surface area contributed by atoms with E-state index in [9.17, 15) is 14.9 Å². The first-order valence-electron chi connectivity index (χ1n) is 5.77. The number of nitro benzene ring substituents is 1. The molecule has 1 N–H and O–H groups in total. The average Bonchev–Trinajstić information content (AvgIpc) is 2.68. The first-order valence-corrected chi connectivity index (χ1v) is 5.77. The molecule has 0 aliphatic rings. The minimum atomic E-state index is -0.583. The molecule has 0 unspecified atom stereocenters. The second-order valence-electron chi connectivity index (χ2n) is 5.21. The monoisotopic (exact) mass is 262 g/mol. The summed E-state index contributed by atoms with van der Waals surface area (Å²) in [6, 6.07) is 6.00. The molecule has 100 valence electrons. The summed E-state index contributed by atoms with van der Waals surface area (Å²) in [5.41, 5.74) is 0.214. The molecular formula is C13H14N2O4. The summed E-state index contributed by atoms with van der Waals surface area (Å²) >= 11 is 0. The second-order valence-corrected chi connectivity index (χ2v) is 5.21. The lowest BCUT2D eigenvalue weighted by atomic mass is 10.2. The number of nitrogens with zero attached hydrogens (tertiary/aromatic N) is 1. The van der Waals surface area contributed by atoms with Gasteiger partial charge in [-0.3, -0.25) is 10.1 Å². The van der Waals surface area contributed by atoms with Gasteiger partial charge in [0.15, 0.2) is 0 Å². The van der Waals surface area contributed by atoms with E-state index in [1.165, 1.54) is 12.1 Å². The van der Waals surface area contributed by atoms with Gasteiger partial charge in [-0.05, 0) is 32.9 Å². The lowest BCUT2D eigenvalue weighted by Crippen LogP contribution is -2.24. The smallest absolute Gasteiger partial charge is 0.355 e. The molecular weight excluding hydrogens is 248 g/mol. The molecule has 0 atom stereocenters. The molecule has 0 bridgehead atoms. The van der Waals surface area contributed by atoms with Crippen LogP contribution in [-0.2, 0) is 4.74 Å². The van der Waals surface area contributed by atoms with Crippen LogP contribution in [-0.4, -0.2) is 21.5 Å². The number of hydrogen-bond donors (Lipinski definition) is 1. The van der Waals surface area contributed by atoms with Crippen LogP contribution in [0.15, 0.2) is 24.3 Å². The van der Waals surface area contributed by atoms with Gasteiger partial charge in [-0.25, -0.2) is 4.79 Å². The molecule has 1 aromatic carbocycles. The van der Waals surface area contributed by atoms with E-state index in [2.05, 4.69) is 4.98 Å². The maximum Gasteiger partial charge on any atom is 0.355 e. The van der Waals surface area contributed by atoms with Crippen LogP contribution in [0.1, 0.15) is 31.3 Å². The summed E-state index contributed by atoms with van der Waals surface area (Å²) in [6.45, 7) is 5.33. The molecule has 0 spiro atoms. The van der Waals surface area contributed by atoms with E-state index in [1.54, 1.807) is 32.9 Å². The van der Waals surface area contributed by atoms with Crippen molar-refractivity contribution in [3.63, 3.8) is 0 Å². The number of H-pyrrole nitrogens is 1. The van der Waals surface area contributed by atoms with Gasteiger partial charge in [0, 0.05) is 17.5 Å². The zero-order valence-corrected chi connectivity index (χ0v) is 10.9. The summed E-state index contributed by atoms with van der Waals surface area (Å²) in [7, 11) is 0. The Kier molecular flexibility index (Phi) is 3.01. The van der Waals surface area contributed by atoms with Crippen LogP contribution in [0.3, 0.4) is 0 Å². The van der Waals surface area contributed by atoms with Gasteiger partial charge in [0.1, 0.15) is 11.3 Å². The Morgan fingerprint density at radius 1 is 1.32 bits per heavy atom. The van der Waals surface area contributed by atoms with Gasteiger partial charge in [-0.2, -0.15) is 0 Å². The maximum absolute atomic E-state index is 11.9. The number of hydrogen-bond acceptors (Lipinski definition) is 4. The third-order valence-corrected chi connectivity index (χ3v) is 2.44. The van der Waals surface area contributed by atoms with E-state index in [-0.39, 0.29) is 11.4 Å². The summed E-state index contributed by atoms with van der Waals surface area (Å²) in [4.78, 5) is 24.9. The second kappa shape index (κ2) is 4.38. The topological polar surface area (TPSA) is 85.2 Å². The van der Waals surface area contributed by atoms with E-state index in [4.69, 9.17) is 4.74 Å². The number of esters is 1. The molecule has 19 heavy (non-hydrogen) atoms. The van der Waals surface area contributed by atoms with Crippen molar-refractivity contribution in [1.82, 2.24) is 4.98 Å². The molecule has 2 rings (SSSR count). The van der Waals surface area contributed by atoms with Gasteiger partial charge >= 0.3 is 5.97 Å². The first-order chi connectivity index (χ1) is 8.76. The Balaban J connectivity index is 2.36. The van der Waals surface area contributed by atoms with Crippen molar-refractivity contribution < 1.29 is 14.5 Å². The summed E-state index contributed by atoms with van der Waals surface area (Å²) in [5.74, 6) is -0.480. The molecule has 1 aromatic heterocycles. The maximum atomic E-state index is 11.9. The third-order valence-electron chi connectivity index (χ3n) is 2.44. The Bertz CT molecular complexity index is 652. The summed E-state index contributed by atoms with van der Waals surface area (Å²) in [6.07, 6.45) is 0. The number of nitro groups is 1. The molecule has 0 amide bonds. The standard InChI is InChI=1S/C13H14N2O4/c1-13(2,3)19-12(16)11-6-8-4-5-9(15(17)18)7-10(8)14-11/h4-7,14H,1-3H3. The van der Waals surface area contributed by atoms with Crippen molar-refractivity contribution in [3.05, 3.63) is 40.1 Å². The van der Waals surface area contributed by atoms with Gasteiger partial charge in [0.25, 0.3) is 5.69 Å². The molecule has 6 nitrogen and oxygen atoms in total. The van der Waals surface area contributed by atoms with E-state index >= 15 is 0 Å². The van der Waals surface area contributed by atoms with Crippen molar-refractivity contribution in [2.45, 2.75) is 26.4 Å². The van der Waals surface area contributed by atoms with Crippen LogP contribution in [0.2, 0.25) is 0 Å². The van der Waals surface area contributed by atoms with E-state index in [0.717, 1.165) is 5.39 Å². The number of ether oxygens (including phenoxy) is 1. The summed E-state index contributed by atoms with van der Waals surface area (Å²) < 4.78 is 5.23. The number of aromatic amines is 1. The Hall–Kier alpha value is -2.37. The largest absolute Gasteiger partial charge is 0.455 e. The van der Waals surface area contributed by atoms with Crippen LogP contribution in [0, 0.1) is 10.1 Å². The lowest BCUT2D eigenvalue weighted by Gasteiger charge is -2.18. The van der Waals surface area contributed by atoms with Crippen LogP contribution >= 0.6 is 0 Å². The minimum absolute atomic E-state index is 0.0231. The average molecular weight is 262 g/mol. The first kappa shape index (κ1) is 13.1. The van der Waals surface area contributed by atoms with Gasteiger partial charge in [0.05, 0.1) is 10.4 Å². The van der Waals surface area contributed by atoms with Crippen LogP contribution in [0.5, 0.6) is 0 Å². The van der Waals surface area contributed by atoms with E-state index in [1.807, 2.05) is 0 Å². The molecule has 0 saturated heterocycles. The quantitative estimate of drug-likeness (QED) is 0.512. The Labute approximate surface area is 109 Å². The number of benzene rings is 1. The zero-order valence-electron chi connectivity index (χ0n) is 10.9. The number of non-ortho nitro benzene ring substituents is 1. The molecule has 2 aromatic rings. The zero-order chi connectivity index (χ0) is 14.2. The van der Waals surface area contributed by atoms with Crippen molar-refractivity contribution >= 4 is 22.6 Å². The lowest BCUT2D eigenvalue weighted by molar-refractivity contribution is -0.384. The predicted molar refractivity (Wildman–Crippen MR) is 70.1 cm³/mol. The molecule has 0 fully saturated rings. The van der Waals surface area contributed by atoms with E-state index < -0.39 is 16.5 Å². The number of rotatable bonds is 2. The Morgan fingerprint density at radius 3 is 2.58 bits per heavy atom. The molecule has 0 aliphatic heterocycles. The Morgan fingerprint density at radius 2 is 2.00 bits per heavy atom. The van der Waals surface area contributed by atoms with Gasteiger partial charge in [-0.15, -0.1) is 0 Å². The highest BCUT2D eigenvalue weighted by Gasteiger charge is 2.19. The fourth-order valence-corrected chi connectivity index (χ4v) is 1.67. The number of nitrogens with one attached hydrogen (secondary N) is 1. The molecule has 1 heterocycles. The van der Waals surface area contributed by atoms with Crippen molar-refractivity contribution in [2.75, 3.05) is 0 Å². The number of aromatic nitrogens is 1. The van der Waals surface area contributed by atoms with Crippen LogP contribution in [0.4, 0.5) is 5.69 Å². The fourth-order valence-electron chi connectivity index (χ4n) is 1.67. The summed E-state index contributed by atoms with van der Waals surface area (Å²) in [5, 5.41) is 11.4. The van der Waals surface area contributed by atoms with Crippen LogP contribution < -0.4 is 0 Å². The third kappa shape index (κ3) is 2.90. The molecule has 0 aliphatic carbocycles. The SMILES string of the molecule is CC(C)(C)OC(=O)c1cc2ccc([N+](=O)[O-])cc2[nH]1. The number of carbonyl (C=O) groups is 1. The predicted octanol–water partition coefficient (Wildman–Crippen LogP) is 3.03. The van der Waals surface area contributed by atoms with Gasteiger partial charge in [-0.1, -0.05) is 0 Å². The molecule has 0 radical (unpaired) electrons. The highest BCUT2D eigenvalue weighted by atomic mass is 16.6. The van der Waals surface area contributed by atoms with E-state index in [0.29, 0.717) is 5.52 Å². The van der Waals surface area contributed by atoms with Crippen molar-refractivity contribution in [2.24, 2.45) is 0 Å². The highest BCUT2D eigenvalue weighted by molar-refractivity contribution is 5.95.